The molecule has 0 radical (unpaired) electrons. The van der Waals surface area contributed by atoms with Crippen LogP contribution in [0.25, 0.3) is 0 Å². The number of aromatic amines is 1. The zero-order chi connectivity index (χ0) is 14.8. The van der Waals surface area contributed by atoms with Gasteiger partial charge >= 0.3 is 5.97 Å². The molecular weight excluding hydrogens is 306 g/mol. The molecule has 2 aromatic rings. The maximum Gasteiger partial charge on any atom is 0.335 e. The van der Waals surface area contributed by atoms with Gasteiger partial charge in [-0.2, -0.15) is 0 Å². The van der Waals surface area contributed by atoms with E-state index >= 15 is 0 Å². The first-order valence-corrected chi connectivity index (χ1v) is 7.27. The third-order valence-electron chi connectivity index (χ3n) is 2.45. The van der Waals surface area contributed by atoms with Gasteiger partial charge in [0.1, 0.15) is 10.7 Å². The topological polar surface area (TPSA) is 112 Å². The zero-order valence-electron chi connectivity index (χ0n) is 10.00. The molecule has 7 nitrogen and oxygen atoms in total. The van der Waals surface area contributed by atoms with E-state index in [1.807, 2.05) is 0 Å². The van der Waals surface area contributed by atoms with Crippen molar-refractivity contribution in [3.63, 3.8) is 0 Å². The number of carboxylic acid groups (broad SMARTS) is 1. The highest BCUT2D eigenvalue weighted by atomic mass is 35.5. The number of carboxylic acids is 1. The molecule has 0 fully saturated rings. The summed E-state index contributed by atoms with van der Waals surface area (Å²) < 4.78 is 26.5. The smallest absolute Gasteiger partial charge is 0.335 e. The summed E-state index contributed by atoms with van der Waals surface area (Å²) in [6.07, 6.45) is 3.04. The lowest BCUT2D eigenvalue weighted by Crippen LogP contribution is -2.24. The molecular formula is C11H10ClN3O4S. The number of hydrogen-bond acceptors (Lipinski definition) is 4. The van der Waals surface area contributed by atoms with Crippen molar-refractivity contribution >= 4 is 27.6 Å². The number of benzene rings is 1. The molecule has 0 saturated carbocycles. The SMILES string of the molecule is O=C(O)c1ccc(Cl)c(S(=O)(=O)NCc2ncc[nH]2)c1. The van der Waals surface area contributed by atoms with Crippen LogP contribution >= 0.6 is 11.6 Å². The van der Waals surface area contributed by atoms with E-state index in [9.17, 15) is 13.2 Å². The number of aromatic nitrogens is 2. The Balaban J connectivity index is 2.28. The number of nitrogens with zero attached hydrogens (tertiary/aromatic N) is 1. The van der Waals surface area contributed by atoms with Crippen LogP contribution < -0.4 is 4.72 Å². The molecule has 9 heteroatoms. The fraction of sp³-hybridized carbons (Fsp3) is 0.0909. The molecule has 0 bridgehead atoms. The van der Waals surface area contributed by atoms with E-state index in [2.05, 4.69) is 14.7 Å². The van der Waals surface area contributed by atoms with Crippen LogP contribution in [0.5, 0.6) is 0 Å². The summed E-state index contributed by atoms with van der Waals surface area (Å²) in [7, 11) is -3.93. The van der Waals surface area contributed by atoms with Crippen LogP contribution in [-0.4, -0.2) is 29.5 Å². The van der Waals surface area contributed by atoms with Crippen LogP contribution in [0.2, 0.25) is 5.02 Å². The Morgan fingerprint density at radius 3 is 2.80 bits per heavy atom. The minimum atomic E-state index is -3.93. The predicted molar refractivity (Wildman–Crippen MR) is 71.0 cm³/mol. The van der Waals surface area contributed by atoms with Crippen molar-refractivity contribution in [3.05, 3.63) is 47.0 Å². The second kappa shape index (κ2) is 5.61. The van der Waals surface area contributed by atoms with Gasteiger partial charge in [0.15, 0.2) is 0 Å². The highest BCUT2D eigenvalue weighted by Gasteiger charge is 2.20. The Hall–Kier alpha value is -1.90. The van der Waals surface area contributed by atoms with Crippen LogP contribution in [-0.2, 0) is 16.6 Å². The van der Waals surface area contributed by atoms with Crippen molar-refractivity contribution in [1.82, 2.24) is 14.7 Å². The normalized spacial score (nSPS) is 11.4. The van der Waals surface area contributed by atoms with E-state index < -0.39 is 16.0 Å². The molecule has 0 aliphatic carbocycles. The van der Waals surface area contributed by atoms with E-state index in [0.29, 0.717) is 5.82 Å². The molecule has 0 unspecified atom stereocenters. The summed E-state index contributed by atoms with van der Waals surface area (Å²) in [5.41, 5.74) is -0.159. The largest absolute Gasteiger partial charge is 0.478 e. The molecule has 0 aliphatic rings. The summed E-state index contributed by atoms with van der Waals surface area (Å²) in [6.45, 7) is -0.0526. The van der Waals surface area contributed by atoms with E-state index in [-0.39, 0.29) is 22.0 Å². The summed E-state index contributed by atoms with van der Waals surface area (Å²) in [5, 5.41) is 8.82. The third-order valence-corrected chi connectivity index (χ3v) is 4.33. The van der Waals surface area contributed by atoms with Crippen LogP contribution in [0.3, 0.4) is 0 Å². The number of halogens is 1. The van der Waals surface area contributed by atoms with Crippen LogP contribution in [0, 0.1) is 0 Å². The second-order valence-electron chi connectivity index (χ2n) is 3.81. The third kappa shape index (κ3) is 3.16. The molecule has 0 amide bonds. The number of aromatic carboxylic acids is 1. The molecule has 2 rings (SSSR count). The molecule has 1 aromatic heterocycles. The average Bonchev–Trinajstić information content (AvgIpc) is 2.89. The molecule has 0 atom stereocenters. The molecule has 106 valence electrons. The number of nitrogens with one attached hydrogen (secondary N) is 2. The Kier molecular flexibility index (Phi) is 4.07. The van der Waals surface area contributed by atoms with Crippen molar-refractivity contribution < 1.29 is 18.3 Å². The van der Waals surface area contributed by atoms with E-state index in [0.717, 1.165) is 6.07 Å². The van der Waals surface area contributed by atoms with Gasteiger partial charge in [0.2, 0.25) is 10.0 Å². The highest BCUT2D eigenvalue weighted by Crippen LogP contribution is 2.22. The van der Waals surface area contributed by atoms with Crippen LogP contribution in [0.4, 0.5) is 0 Å². The van der Waals surface area contributed by atoms with E-state index in [4.69, 9.17) is 16.7 Å². The first-order chi connectivity index (χ1) is 9.40. The predicted octanol–water partition coefficient (Wildman–Crippen LogP) is 1.24. The molecule has 1 aromatic carbocycles. The number of rotatable bonds is 5. The maximum atomic E-state index is 12.1. The lowest BCUT2D eigenvalue weighted by Gasteiger charge is -2.08. The monoisotopic (exact) mass is 315 g/mol. The van der Waals surface area contributed by atoms with Gasteiger partial charge in [0.25, 0.3) is 0 Å². The summed E-state index contributed by atoms with van der Waals surface area (Å²) in [6, 6.07) is 3.47. The number of sulfonamides is 1. The van der Waals surface area contributed by atoms with Gasteiger partial charge in [-0.25, -0.2) is 22.9 Å². The quantitative estimate of drug-likeness (QED) is 0.768. The maximum absolute atomic E-state index is 12.1. The minimum absolute atomic E-state index is 0.0526. The summed E-state index contributed by atoms with van der Waals surface area (Å²) in [5.74, 6) is -0.803. The van der Waals surface area contributed by atoms with Gasteiger partial charge in [-0.05, 0) is 18.2 Å². The van der Waals surface area contributed by atoms with Gasteiger partial charge in [-0.15, -0.1) is 0 Å². The van der Waals surface area contributed by atoms with Gasteiger partial charge in [-0.1, -0.05) is 11.6 Å². The first kappa shape index (κ1) is 14.5. The Bertz CT molecular complexity index is 728. The van der Waals surface area contributed by atoms with Crippen molar-refractivity contribution in [3.8, 4) is 0 Å². The molecule has 0 saturated heterocycles. The minimum Gasteiger partial charge on any atom is -0.478 e. The Morgan fingerprint density at radius 2 is 2.20 bits per heavy atom. The zero-order valence-corrected chi connectivity index (χ0v) is 11.6. The summed E-state index contributed by atoms with van der Waals surface area (Å²) >= 11 is 5.81. The number of carbonyl (C=O) groups is 1. The first-order valence-electron chi connectivity index (χ1n) is 5.41. The standard InChI is InChI=1S/C11H10ClN3O4S/c12-8-2-1-7(11(16)17)5-9(8)20(18,19)15-6-10-13-3-4-14-10/h1-5,15H,6H2,(H,13,14)(H,16,17). The highest BCUT2D eigenvalue weighted by molar-refractivity contribution is 7.89. The lowest BCUT2D eigenvalue weighted by molar-refractivity contribution is 0.0696. The average molecular weight is 316 g/mol. The van der Waals surface area contributed by atoms with Gasteiger partial charge in [-0.3, -0.25) is 0 Å². The van der Waals surface area contributed by atoms with E-state index in [1.54, 1.807) is 6.20 Å². The molecule has 20 heavy (non-hydrogen) atoms. The molecule has 0 aliphatic heterocycles. The van der Waals surface area contributed by atoms with Gasteiger partial charge in [0, 0.05) is 12.4 Å². The molecule has 3 N–H and O–H groups in total. The van der Waals surface area contributed by atoms with Gasteiger partial charge < -0.3 is 10.1 Å². The number of imidazole rings is 1. The van der Waals surface area contributed by atoms with Gasteiger partial charge in [0.05, 0.1) is 17.1 Å². The van der Waals surface area contributed by atoms with Crippen molar-refractivity contribution in [2.75, 3.05) is 0 Å². The van der Waals surface area contributed by atoms with Crippen molar-refractivity contribution in [2.45, 2.75) is 11.4 Å². The fourth-order valence-corrected chi connectivity index (χ4v) is 2.99. The fourth-order valence-electron chi connectivity index (χ4n) is 1.48. The Morgan fingerprint density at radius 1 is 1.45 bits per heavy atom. The van der Waals surface area contributed by atoms with Crippen molar-refractivity contribution in [2.24, 2.45) is 0 Å². The lowest BCUT2D eigenvalue weighted by atomic mass is 10.2. The Labute approximate surface area is 119 Å². The molecule has 0 spiro atoms. The number of H-pyrrole nitrogens is 1. The van der Waals surface area contributed by atoms with Crippen molar-refractivity contribution in [1.29, 1.82) is 0 Å². The molecule has 1 heterocycles. The van der Waals surface area contributed by atoms with Crippen LogP contribution in [0.1, 0.15) is 16.2 Å². The van der Waals surface area contributed by atoms with E-state index in [1.165, 1.54) is 18.3 Å². The van der Waals surface area contributed by atoms with Crippen LogP contribution in [0.15, 0.2) is 35.5 Å². The summed E-state index contributed by atoms with van der Waals surface area (Å²) in [4.78, 5) is 17.2. The number of hydrogen-bond donors (Lipinski definition) is 3. The second-order valence-corrected chi connectivity index (χ2v) is 5.95.